The van der Waals surface area contributed by atoms with Gasteiger partial charge in [-0.1, -0.05) is 17.9 Å². The Hall–Kier alpha value is -1.14. The molecule has 0 aromatic carbocycles. The summed E-state index contributed by atoms with van der Waals surface area (Å²) in [5.41, 5.74) is 5.37. The maximum absolute atomic E-state index is 5.95. The smallest absolute Gasteiger partial charge is 0.315 e. The molecule has 124 valence electrons. The summed E-state index contributed by atoms with van der Waals surface area (Å²) in [6.07, 6.45) is 8.16. The van der Waals surface area contributed by atoms with Crippen molar-refractivity contribution in [2.75, 3.05) is 25.0 Å². The molecule has 6 heteroatoms. The number of anilines is 1. The van der Waals surface area contributed by atoms with Crippen LogP contribution in [0.1, 0.15) is 58.3 Å². The number of nitrogens with zero attached hydrogens (tertiary/aromatic N) is 3. The van der Waals surface area contributed by atoms with Crippen molar-refractivity contribution in [1.82, 2.24) is 15.1 Å². The highest BCUT2D eigenvalue weighted by atomic mass is 16.4. The molecule has 1 saturated heterocycles. The Labute approximate surface area is 132 Å². The van der Waals surface area contributed by atoms with E-state index in [2.05, 4.69) is 20.4 Å². The van der Waals surface area contributed by atoms with Crippen LogP contribution in [0.2, 0.25) is 0 Å². The lowest BCUT2D eigenvalue weighted by Crippen LogP contribution is -2.41. The number of aromatic nitrogens is 2. The van der Waals surface area contributed by atoms with Gasteiger partial charge in [0.2, 0.25) is 5.89 Å². The highest BCUT2D eigenvalue weighted by Gasteiger charge is 2.27. The molecule has 1 saturated carbocycles. The summed E-state index contributed by atoms with van der Waals surface area (Å²) >= 11 is 0. The topological polar surface area (TPSA) is 80.2 Å². The zero-order valence-corrected chi connectivity index (χ0v) is 13.8. The summed E-state index contributed by atoms with van der Waals surface area (Å²) in [4.78, 5) is 2.70. The molecule has 6 nitrogen and oxygen atoms in total. The Balaban J connectivity index is 1.42. The standard InChI is InChI=1S/C16H29N5O/c1-16(2,17)14-19-20-15(22-14)18-11-12-7-9-21(10-8-12)13-5-3-4-6-13/h12-13H,3-11,17H2,1-2H3,(H,18,20). The van der Waals surface area contributed by atoms with Gasteiger partial charge >= 0.3 is 6.01 Å². The van der Waals surface area contributed by atoms with Crippen molar-refractivity contribution >= 4 is 6.01 Å². The van der Waals surface area contributed by atoms with Crippen molar-refractivity contribution < 1.29 is 4.42 Å². The van der Waals surface area contributed by atoms with Crippen molar-refractivity contribution in [2.24, 2.45) is 11.7 Å². The van der Waals surface area contributed by atoms with Crippen LogP contribution in [-0.2, 0) is 5.54 Å². The molecule has 0 radical (unpaired) electrons. The minimum absolute atomic E-state index is 0.478. The molecule has 2 aliphatic rings. The van der Waals surface area contributed by atoms with Crippen LogP contribution in [-0.4, -0.2) is 40.8 Å². The molecular weight excluding hydrogens is 278 g/mol. The largest absolute Gasteiger partial charge is 0.406 e. The third kappa shape index (κ3) is 3.79. The van der Waals surface area contributed by atoms with E-state index in [4.69, 9.17) is 10.2 Å². The highest BCUT2D eigenvalue weighted by Crippen LogP contribution is 2.28. The number of nitrogens with two attached hydrogens (primary N) is 1. The third-order valence-corrected chi connectivity index (χ3v) is 5.01. The molecule has 2 fully saturated rings. The number of piperidine rings is 1. The fourth-order valence-corrected chi connectivity index (χ4v) is 3.58. The van der Waals surface area contributed by atoms with Gasteiger partial charge in [0.05, 0.1) is 5.54 Å². The normalized spacial score (nSPS) is 22.3. The fourth-order valence-electron chi connectivity index (χ4n) is 3.58. The average molecular weight is 307 g/mol. The van der Waals surface area contributed by atoms with Gasteiger partial charge in [-0.25, -0.2) is 0 Å². The molecule has 3 rings (SSSR count). The monoisotopic (exact) mass is 307 g/mol. The molecule has 0 unspecified atom stereocenters. The van der Waals surface area contributed by atoms with E-state index in [0.717, 1.165) is 12.6 Å². The second-order valence-electron chi connectivity index (χ2n) is 7.43. The highest BCUT2D eigenvalue weighted by molar-refractivity contribution is 5.18. The van der Waals surface area contributed by atoms with E-state index in [1.165, 1.54) is 51.6 Å². The van der Waals surface area contributed by atoms with Gasteiger partial charge in [0, 0.05) is 12.6 Å². The molecule has 1 aromatic rings. The van der Waals surface area contributed by atoms with Gasteiger partial charge < -0.3 is 20.4 Å². The summed E-state index contributed by atoms with van der Waals surface area (Å²) in [6, 6.07) is 1.35. The summed E-state index contributed by atoms with van der Waals surface area (Å²) in [5, 5.41) is 11.3. The maximum atomic E-state index is 5.95. The first-order valence-corrected chi connectivity index (χ1v) is 8.63. The van der Waals surface area contributed by atoms with E-state index in [9.17, 15) is 0 Å². The zero-order valence-electron chi connectivity index (χ0n) is 13.8. The van der Waals surface area contributed by atoms with Crippen LogP contribution in [0.4, 0.5) is 6.01 Å². The fraction of sp³-hybridized carbons (Fsp3) is 0.875. The van der Waals surface area contributed by atoms with Crippen molar-refractivity contribution in [1.29, 1.82) is 0 Å². The van der Waals surface area contributed by atoms with Gasteiger partial charge in [-0.15, -0.1) is 5.10 Å². The lowest BCUT2D eigenvalue weighted by atomic mass is 9.95. The first-order valence-electron chi connectivity index (χ1n) is 8.63. The van der Waals surface area contributed by atoms with Crippen LogP contribution in [0.15, 0.2) is 4.42 Å². The molecule has 0 spiro atoms. The minimum atomic E-state index is -0.584. The zero-order chi connectivity index (χ0) is 15.6. The Morgan fingerprint density at radius 3 is 2.45 bits per heavy atom. The first-order chi connectivity index (χ1) is 10.5. The van der Waals surface area contributed by atoms with Gasteiger partial charge in [0.15, 0.2) is 0 Å². The SMILES string of the molecule is CC(C)(N)c1nnc(NCC2CCN(C3CCCC3)CC2)o1. The predicted octanol–water partition coefficient (Wildman–Crippen LogP) is 2.33. The van der Waals surface area contributed by atoms with Gasteiger partial charge in [-0.2, -0.15) is 0 Å². The number of likely N-dealkylation sites (tertiary alicyclic amines) is 1. The van der Waals surface area contributed by atoms with E-state index < -0.39 is 5.54 Å². The quantitative estimate of drug-likeness (QED) is 0.869. The molecule has 0 atom stereocenters. The van der Waals surface area contributed by atoms with E-state index in [1.807, 2.05) is 13.8 Å². The molecule has 0 bridgehead atoms. The van der Waals surface area contributed by atoms with Crippen LogP contribution in [0.3, 0.4) is 0 Å². The Morgan fingerprint density at radius 1 is 1.18 bits per heavy atom. The number of nitrogens with one attached hydrogen (secondary N) is 1. The Bertz CT molecular complexity index is 467. The summed E-state index contributed by atoms with van der Waals surface area (Å²) < 4.78 is 5.57. The lowest BCUT2D eigenvalue weighted by molar-refractivity contribution is 0.137. The molecule has 0 amide bonds. The molecule has 1 aromatic heterocycles. The van der Waals surface area contributed by atoms with E-state index in [1.54, 1.807) is 0 Å². The Kier molecular flexibility index (Phi) is 4.68. The van der Waals surface area contributed by atoms with Crippen LogP contribution in [0.5, 0.6) is 0 Å². The number of rotatable bonds is 5. The number of hydrogen-bond acceptors (Lipinski definition) is 6. The van der Waals surface area contributed by atoms with Crippen molar-refractivity contribution in [3.05, 3.63) is 5.89 Å². The lowest BCUT2D eigenvalue weighted by Gasteiger charge is -2.35. The molecule has 1 aliphatic carbocycles. The minimum Gasteiger partial charge on any atom is -0.406 e. The molecule has 1 aliphatic heterocycles. The van der Waals surface area contributed by atoms with E-state index in [0.29, 0.717) is 17.8 Å². The van der Waals surface area contributed by atoms with Gasteiger partial charge in [-0.05, 0) is 58.5 Å². The number of hydrogen-bond donors (Lipinski definition) is 2. The van der Waals surface area contributed by atoms with Crippen LogP contribution in [0.25, 0.3) is 0 Å². The summed E-state index contributed by atoms with van der Waals surface area (Å²) in [6.45, 7) is 7.11. The van der Waals surface area contributed by atoms with E-state index >= 15 is 0 Å². The average Bonchev–Trinajstić information content (AvgIpc) is 3.16. The van der Waals surface area contributed by atoms with Crippen molar-refractivity contribution in [3.8, 4) is 0 Å². The third-order valence-electron chi connectivity index (χ3n) is 5.01. The van der Waals surface area contributed by atoms with Crippen LogP contribution in [0, 0.1) is 5.92 Å². The van der Waals surface area contributed by atoms with Crippen molar-refractivity contribution in [2.45, 2.75) is 64.0 Å². The second kappa shape index (κ2) is 6.54. The van der Waals surface area contributed by atoms with Gasteiger partial charge in [0.1, 0.15) is 0 Å². The first kappa shape index (κ1) is 15.7. The second-order valence-corrected chi connectivity index (χ2v) is 7.43. The predicted molar refractivity (Wildman–Crippen MR) is 86.6 cm³/mol. The van der Waals surface area contributed by atoms with Crippen LogP contribution >= 0.6 is 0 Å². The summed E-state index contributed by atoms with van der Waals surface area (Å²) in [5.74, 6) is 1.17. The summed E-state index contributed by atoms with van der Waals surface area (Å²) in [7, 11) is 0. The van der Waals surface area contributed by atoms with E-state index in [-0.39, 0.29) is 0 Å². The molecular formula is C16H29N5O. The molecule has 22 heavy (non-hydrogen) atoms. The van der Waals surface area contributed by atoms with Crippen molar-refractivity contribution in [3.63, 3.8) is 0 Å². The Morgan fingerprint density at radius 2 is 1.86 bits per heavy atom. The van der Waals surface area contributed by atoms with Gasteiger partial charge in [-0.3, -0.25) is 0 Å². The van der Waals surface area contributed by atoms with Gasteiger partial charge in [0.25, 0.3) is 0 Å². The molecule has 2 heterocycles. The maximum Gasteiger partial charge on any atom is 0.315 e. The molecule has 3 N–H and O–H groups in total. The van der Waals surface area contributed by atoms with Crippen LogP contribution < -0.4 is 11.1 Å².